The lowest BCUT2D eigenvalue weighted by Gasteiger charge is -2.48. The van der Waals surface area contributed by atoms with E-state index in [0.717, 1.165) is 13.8 Å². The van der Waals surface area contributed by atoms with E-state index >= 15 is 0 Å². The van der Waals surface area contributed by atoms with E-state index in [1.807, 2.05) is 0 Å². The van der Waals surface area contributed by atoms with Gasteiger partial charge in [0.1, 0.15) is 37.6 Å². The van der Waals surface area contributed by atoms with Crippen molar-refractivity contribution in [3.8, 4) is 0 Å². The molecule has 0 radical (unpaired) electrons. The second-order valence-corrected chi connectivity index (χ2v) is 23.6. The molecule has 1 N–H and O–H groups in total. The Bertz CT molecular complexity index is 4230. The van der Waals surface area contributed by atoms with Crippen LogP contribution in [0.25, 0.3) is 0 Å². The van der Waals surface area contributed by atoms with Crippen LogP contribution in [0, 0.1) is 0 Å². The smallest absolute Gasteiger partial charge is 0.338 e. The van der Waals surface area contributed by atoms with Gasteiger partial charge in [-0.1, -0.05) is 146 Å². The van der Waals surface area contributed by atoms with Gasteiger partial charge in [-0.25, -0.2) is 38.4 Å². The molecule has 3 aliphatic rings. The fourth-order valence-corrected chi connectivity index (χ4v) is 11.5. The minimum atomic E-state index is -2.32. The van der Waals surface area contributed by atoms with Crippen molar-refractivity contribution >= 4 is 59.7 Å². The Morgan fingerprint density at radius 1 is 0.269 bits per heavy atom. The van der Waals surface area contributed by atoms with Gasteiger partial charge in [-0.15, -0.1) is 0 Å². The van der Waals surface area contributed by atoms with Gasteiger partial charge in [-0.3, -0.25) is 9.59 Å². The van der Waals surface area contributed by atoms with E-state index in [4.69, 9.17) is 71.1 Å². The lowest BCUT2D eigenvalue weighted by atomic mass is 9.95. The molecule has 3 saturated heterocycles. The summed E-state index contributed by atoms with van der Waals surface area (Å²) in [7, 11) is 0. The highest BCUT2D eigenvalue weighted by Gasteiger charge is 2.59. The Hall–Kier alpha value is -11.8. The molecule has 8 aromatic rings. The van der Waals surface area contributed by atoms with Crippen LogP contribution in [0.2, 0.25) is 0 Å². The molecule has 536 valence electrons. The first-order valence-electron chi connectivity index (χ1n) is 32.7. The van der Waals surface area contributed by atoms with Crippen LogP contribution >= 0.6 is 0 Å². The van der Waals surface area contributed by atoms with E-state index < -0.39 is 172 Å². The molecule has 0 aromatic heterocycles. The average Bonchev–Trinajstić information content (AvgIpc) is 0.770. The van der Waals surface area contributed by atoms with Gasteiger partial charge in [-0.2, -0.15) is 0 Å². The standard InChI is InChI=1S/C78H68O26/c1-46(79)93-59-56(45-92-77-66(102-74(87)54-39-23-9-24-40-54)63(100-72(85)52-35-19-7-20-36-52)60(98-70(83)50-31-15-5-16-32-50)57(96-77)43-90-68(81)48-27-11-3-12-28-48)95-76(89)65(94-47(2)80)62(59)104-78-67(103-75(88)55-41-25-10-26-42-55)64(101-73(86)53-37-21-8-22-38-53)61(99-71(84)51-33-17-6-18-34-51)58(97-78)44-91-69(82)49-29-13-4-14-30-49/h3-42,56-67,76-78,89H,43-45H2,1-2H3/t56-,57+,58-,59+,60-,61?,62+,63+,64+,65+,66-,67+,76-,77+,78+/m1/s1. The third-order valence-electron chi connectivity index (χ3n) is 16.4. The van der Waals surface area contributed by atoms with Crippen molar-refractivity contribution in [2.75, 3.05) is 19.8 Å². The number of aliphatic hydroxyl groups excluding tert-OH is 1. The molecule has 0 aliphatic carbocycles. The Morgan fingerprint density at radius 2 is 0.510 bits per heavy atom. The van der Waals surface area contributed by atoms with Crippen molar-refractivity contribution in [1.29, 1.82) is 0 Å². The van der Waals surface area contributed by atoms with Crippen LogP contribution in [-0.2, 0) is 80.6 Å². The molecule has 11 rings (SSSR count). The molecule has 3 fully saturated rings. The predicted molar refractivity (Wildman–Crippen MR) is 357 cm³/mol. The molecule has 0 amide bonds. The molecule has 3 heterocycles. The van der Waals surface area contributed by atoms with Gasteiger partial charge < -0.3 is 76.2 Å². The SMILES string of the molecule is CC(=O)O[C@@H]1[C@H](O[C@@H]2O[C@H](COC(=O)c3ccccc3)C(OC(=O)c3ccccc3)[C@H](OC(=O)c3ccccc3)[C@@H]2OC(=O)c2ccccc2)[C@H](OC(C)=O)[C@H](O)O[C@@H]1CO[C@H]1O[C@@H](COC(=O)c2ccccc2)[C@@H](OC(=O)c2ccccc2)[C@H](OC(=O)c2ccccc2)[C@H]1OC(=O)c1ccccc1. The molecule has 0 spiro atoms. The van der Waals surface area contributed by atoms with Crippen molar-refractivity contribution in [1.82, 2.24) is 0 Å². The van der Waals surface area contributed by atoms with E-state index in [1.54, 1.807) is 109 Å². The number of aliphatic hydroxyl groups is 1. The summed E-state index contributed by atoms with van der Waals surface area (Å²) in [4.78, 5) is 142. The summed E-state index contributed by atoms with van der Waals surface area (Å²) in [6, 6.07) is 60.5. The van der Waals surface area contributed by atoms with Gasteiger partial charge in [0.25, 0.3) is 0 Å². The van der Waals surface area contributed by atoms with Crippen molar-refractivity contribution < 1.29 is 124 Å². The normalized spacial score (nSPS) is 24.1. The summed E-state index contributed by atoms with van der Waals surface area (Å²) < 4.78 is 93.6. The maximum Gasteiger partial charge on any atom is 0.338 e. The monoisotopic (exact) mass is 1420 g/mol. The molecule has 26 nitrogen and oxygen atoms in total. The maximum atomic E-state index is 14.7. The van der Waals surface area contributed by atoms with Gasteiger partial charge in [-0.05, 0) is 97.1 Å². The topological polar surface area (TPSA) is 329 Å². The van der Waals surface area contributed by atoms with Gasteiger partial charge >= 0.3 is 59.7 Å². The average molecular weight is 1420 g/mol. The zero-order valence-corrected chi connectivity index (χ0v) is 55.5. The molecular formula is C78H68O26. The summed E-state index contributed by atoms with van der Waals surface area (Å²) >= 11 is 0. The van der Waals surface area contributed by atoms with E-state index in [1.165, 1.54) is 133 Å². The molecule has 3 aliphatic heterocycles. The van der Waals surface area contributed by atoms with Gasteiger partial charge in [0.2, 0.25) is 0 Å². The Kier molecular flexibility index (Phi) is 24.9. The highest BCUT2D eigenvalue weighted by atomic mass is 16.8. The fourth-order valence-electron chi connectivity index (χ4n) is 11.5. The van der Waals surface area contributed by atoms with Crippen LogP contribution in [0.1, 0.15) is 96.7 Å². The van der Waals surface area contributed by atoms with Crippen LogP contribution in [0.15, 0.2) is 243 Å². The molecule has 104 heavy (non-hydrogen) atoms. The highest BCUT2D eigenvalue weighted by Crippen LogP contribution is 2.38. The van der Waals surface area contributed by atoms with Gasteiger partial charge in [0, 0.05) is 13.8 Å². The van der Waals surface area contributed by atoms with Gasteiger partial charge in [0.05, 0.1) is 51.1 Å². The first kappa shape index (κ1) is 73.4. The summed E-state index contributed by atoms with van der Waals surface area (Å²) in [5, 5.41) is 12.3. The Morgan fingerprint density at radius 3 is 0.817 bits per heavy atom. The Labute approximate surface area is 594 Å². The van der Waals surface area contributed by atoms with Crippen LogP contribution in [0.4, 0.5) is 0 Å². The molecule has 0 saturated carbocycles. The van der Waals surface area contributed by atoms with Crippen molar-refractivity contribution in [3.05, 3.63) is 287 Å². The summed E-state index contributed by atoms with van der Waals surface area (Å²) in [6.45, 7) is -0.673. The predicted octanol–water partition coefficient (Wildman–Crippen LogP) is 8.49. The minimum Gasteiger partial charge on any atom is -0.459 e. The van der Waals surface area contributed by atoms with Crippen LogP contribution in [0.3, 0.4) is 0 Å². The fraction of sp³-hybridized carbons (Fsp3) is 0.256. The number of benzene rings is 8. The van der Waals surface area contributed by atoms with E-state index in [-0.39, 0.29) is 44.5 Å². The molecule has 15 atom stereocenters. The van der Waals surface area contributed by atoms with Gasteiger partial charge in [0.15, 0.2) is 67.7 Å². The van der Waals surface area contributed by atoms with Crippen molar-refractivity contribution in [2.45, 2.75) is 106 Å². The third-order valence-corrected chi connectivity index (χ3v) is 16.4. The van der Waals surface area contributed by atoms with Crippen LogP contribution in [-0.4, -0.2) is 177 Å². The lowest BCUT2D eigenvalue weighted by Crippen LogP contribution is -2.67. The first-order valence-corrected chi connectivity index (χ1v) is 32.7. The highest BCUT2D eigenvalue weighted by molar-refractivity contribution is 5.94. The van der Waals surface area contributed by atoms with E-state index in [0.29, 0.717) is 0 Å². The lowest BCUT2D eigenvalue weighted by molar-refractivity contribution is -0.361. The molecule has 1 unspecified atom stereocenters. The van der Waals surface area contributed by atoms with Crippen LogP contribution in [0.5, 0.6) is 0 Å². The largest absolute Gasteiger partial charge is 0.459 e. The summed E-state index contributed by atoms with van der Waals surface area (Å²) in [5.74, 6) is -10.3. The second-order valence-electron chi connectivity index (χ2n) is 23.6. The third kappa shape index (κ3) is 18.8. The number of rotatable bonds is 25. The number of hydrogen-bond donors (Lipinski definition) is 1. The second kappa shape index (κ2) is 35.2. The van der Waals surface area contributed by atoms with Crippen molar-refractivity contribution in [3.63, 3.8) is 0 Å². The molecular weight excluding hydrogens is 1350 g/mol. The number of ether oxygens (including phenoxy) is 15. The number of esters is 10. The molecule has 0 bridgehead atoms. The molecule has 26 heteroatoms. The molecule has 8 aromatic carbocycles. The minimum absolute atomic E-state index is 0.00145. The van der Waals surface area contributed by atoms with E-state index in [2.05, 4.69) is 0 Å². The number of carbonyl (C=O) groups excluding carboxylic acids is 10. The number of carbonyl (C=O) groups is 10. The number of hydrogen-bond acceptors (Lipinski definition) is 26. The zero-order chi connectivity index (χ0) is 73.1. The summed E-state index contributed by atoms with van der Waals surface area (Å²) in [6.07, 6.45) is -30.0. The summed E-state index contributed by atoms with van der Waals surface area (Å²) in [5.41, 5.74) is -0.105. The van der Waals surface area contributed by atoms with Crippen LogP contribution < -0.4 is 0 Å². The quantitative estimate of drug-likeness (QED) is 0.0414. The van der Waals surface area contributed by atoms with Crippen molar-refractivity contribution in [2.24, 2.45) is 0 Å². The zero-order valence-electron chi connectivity index (χ0n) is 55.5. The van der Waals surface area contributed by atoms with E-state index in [9.17, 15) is 53.1 Å². The first-order chi connectivity index (χ1) is 50.5. The maximum absolute atomic E-state index is 14.7. The Balaban J connectivity index is 1.01.